The Bertz CT molecular complexity index is 737. The summed E-state index contributed by atoms with van der Waals surface area (Å²) in [5.41, 5.74) is -1.62. The van der Waals surface area contributed by atoms with Gasteiger partial charge in [0, 0.05) is 16.7 Å². The van der Waals surface area contributed by atoms with Gasteiger partial charge in [-0.15, -0.1) is 0 Å². The Morgan fingerprint density at radius 1 is 0.913 bits per heavy atom. The zero-order valence-electron chi connectivity index (χ0n) is 11.1. The maximum Gasteiger partial charge on any atom is 0.458 e. The molecule has 0 aliphatic rings. The molecule has 0 amide bonds. The zero-order valence-corrected chi connectivity index (χ0v) is 11.9. The van der Waals surface area contributed by atoms with Crippen LogP contribution in [0.5, 0.6) is 0 Å². The van der Waals surface area contributed by atoms with Crippen molar-refractivity contribution in [2.45, 2.75) is 12.1 Å². The molecule has 0 aliphatic heterocycles. The molecule has 0 saturated heterocycles. The van der Waals surface area contributed by atoms with Crippen LogP contribution in [0.4, 0.5) is 26.3 Å². The number of hydrogen-bond acceptors (Lipinski definition) is 1. The average Bonchev–Trinajstić information content (AvgIpc) is 2.46. The molecule has 2 aromatic carbocycles. The maximum absolute atomic E-state index is 13.2. The SMILES string of the molecule is O=C(c1ccc(F)cc1)c1ccc(C(F)(F)C(F)(F)F)cc1Cl. The van der Waals surface area contributed by atoms with Crippen molar-refractivity contribution in [2.75, 3.05) is 0 Å². The van der Waals surface area contributed by atoms with E-state index in [9.17, 15) is 31.1 Å². The second-order valence-corrected chi connectivity index (χ2v) is 5.01. The standard InChI is InChI=1S/C15H7ClF6O/c16-12-7-9(14(18,19)15(20,21)22)3-6-11(12)13(23)8-1-4-10(17)5-2-8/h1-7H. The molecular weight excluding hydrogens is 346 g/mol. The lowest BCUT2D eigenvalue weighted by atomic mass is 10.00. The molecule has 0 N–H and O–H groups in total. The molecule has 23 heavy (non-hydrogen) atoms. The highest BCUT2D eigenvalue weighted by atomic mass is 35.5. The maximum atomic E-state index is 13.2. The smallest absolute Gasteiger partial charge is 0.289 e. The van der Waals surface area contributed by atoms with Gasteiger partial charge in [-0.2, -0.15) is 22.0 Å². The average molecular weight is 353 g/mol. The van der Waals surface area contributed by atoms with Crippen LogP contribution in [0, 0.1) is 5.82 Å². The van der Waals surface area contributed by atoms with Gasteiger partial charge in [0.25, 0.3) is 0 Å². The van der Waals surface area contributed by atoms with Crippen molar-refractivity contribution in [3.8, 4) is 0 Å². The Labute approximate surface area is 131 Å². The number of ketones is 1. The van der Waals surface area contributed by atoms with Gasteiger partial charge in [-0.05, 0) is 36.4 Å². The van der Waals surface area contributed by atoms with Gasteiger partial charge < -0.3 is 0 Å². The second kappa shape index (κ2) is 5.88. The van der Waals surface area contributed by atoms with Gasteiger partial charge in [-0.25, -0.2) is 4.39 Å². The van der Waals surface area contributed by atoms with E-state index in [4.69, 9.17) is 11.6 Å². The lowest BCUT2D eigenvalue weighted by molar-refractivity contribution is -0.289. The van der Waals surface area contributed by atoms with Gasteiger partial charge in [0.1, 0.15) is 5.82 Å². The quantitative estimate of drug-likeness (QED) is 0.536. The summed E-state index contributed by atoms with van der Waals surface area (Å²) in [7, 11) is 0. The van der Waals surface area contributed by atoms with Crippen LogP contribution in [-0.2, 0) is 5.92 Å². The van der Waals surface area contributed by atoms with E-state index in [1.807, 2.05) is 0 Å². The van der Waals surface area contributed by atoms with Crippen LogP contribution in [0.2, 0.25) is 5.02 Å². The van der Waals surface area contributed by atoms with Crippen molar-refractivity contribution in [1.29, 1.82) is 0 Å². The summed E-state index contributed by atoms with van der Waals surface area (Å²) in [5, 5.41) is -0.555. The van der Waals surface area contributed by atoms with Gasteiger partial charge in [0.15, 0.2) is 5.78 Å². The van der Waals surface area contributed by atoms with Gasteiger partial charge in [0.2, 0.25) is 0 Å². The van der Waals surface area contributed by atoms with E-state index in [2.05, 4.69) is 0 Å². The Kier molecular flexibility index (Phi) is 4.43. The van der Waals surface area contributed by atoms with Crippen LogP contribution in [-0.4, -0.2) is 12.0 Å². The summed E-state index contributed by atoms with van der Waals surface area (Å²) in [6, 6.07) is 5.96. The van der Waals surface area contributed by atoms with E-state index >= 15 is 0 Å². The molecule has 2 rings (SSSR count). The molecule has 0 aromatic heterocycles. The summed E-state index contributed by atoms with van der Waals surface area (Å²) < 4.78 is 76.2. The Balaban J connectivity index is 2.40. The summed E-state index contributed by atoms with van der Waals surface area (Å²) in [6.07, 6.45) is -5.78. The molecule has 122 valence electrons. The molecular formula is C15H7ClF6O. The van der Waals surface area contributed by atoms with Gasteiger partial charge in [-0.3, -0.25) is 4.79 Å². The van der Waals surface area contributed by atoms with Crippen molar-refractivity contribution in [2.24, 2.45) is 0 Å². The third kappa shape index (κ3) is 3.34. The number of carbonyl (C=O) groups excluding carboxylic acids is 1. The molecule has 8 heteroatoms. The van der Waals surface area contributed by atoms with Crippen molar-refractivity contribution >= 4 is 17.4 Å². The van der Waals surface area contributed by atoms with E-state index < -0.39 is 34.3 Å². The van der Waals surface area contributed by atoms with Gasteiger partial charge in [0.05, 0.1) is 5.02 Å². The first kappa shape index (κ1) is 17.3. The Morgan fingerprint density at radius 3 is 1.96 bits per heavy atom. The minimum atomic E-state index is -5.78. The predicted octanol–water partition coefficient (Wildman–Crippen LogP) is 5.36. The number of halogens is 7. The zero-order chi connectivity index (χ0) is 17.4. The lowest BCUT2D eigenvalue weighted by Crippen LogP contribution is -2.33. The van der Waals surface area contributed by atoms with E-state index in [1.165, 1.54) is 0 Å². The first-order valence-corrected chi connectivity index (χ1v) is 6.46. The summed E-state index contributed by atoms with van der Waals surface area (Å²) in [5.74, 6) is -6.40. The van der Waals surface area contributed by atoms with Crippen molar-refractivity contribution in [3.63, 3.8) is 0 Å². The Hall–Kier alpha value is -2.02. The molecule has 0 saturated carbocycles. The fourth-order valence-electron chi connectivity index (χ4n) is 1.81. The summed E-state index contributed by atoms with van der Waals surface area (Å²) >= 11 is 5.67. The molecule has 0 bridgehead atoms. The minimum Gasteiger partial charge on any atom is -0.289 e. The van der Waals surface area contributed by atoms with Gasteiger partial charge in [-0.1, -0.05) is 17.7 Å². The van der Waals surface area contributed by atoms with Crippen LogP contribution >= 0.6 is 11.6 Å². The highest BCUT2D eigenvalue weighted by Gasteiger charge is 2.58. The molecule has 1 nitrogen and oxygen atoms in total. The van der Waals surface area contributed by atoms with Crippen molar-refractivity contribution in [3.05, 3.63) is 70.0 Å². The van der Waals surface area contributed by atoms with Crippen LogP contribution in [0.15, 0.2) is 42.5 Å². The highest BCUT2D eigenvalue weighted by Crippen LogP contribution is 2.44. The fraction of sp³-hybridized carbons (Fsp3) is 0.133. The minimum absolute atomic E-state index is 0.0173. The largest absolute Gasteiger partial charge is 0.458 e. The highest BCUT2D eigenvalue weighted by molar-refractivity contribution is 6.35. The van der Waals surface area contributed by atoms with E-state index in [0.29, 0.717) is 12.1 Å². The Morgan fingerprint density at radius 2 is 1.48 bits per heavy atom. The number of hydrogen-bond donors (Lipinski definition) is 0. The van der Waals surface area contributed by atoms with Gasteiger partial charge >= 0.3 is 12.1 Å². The second-order valence-electron chi connectivity index (χ2n) is 4.60. The van der Waals surface area contributed by atoms with Crippen molar-refractivity contribution < 1.29 is 31.1 Å². The predicted molar refractivity (Wildman–Crippen MR) is 71.2 cm³/mol. The van der Waals surface area contributed by atoms with E-state index in [-0.39, 0.29) is 11.1 Å². The first-order valence-electron chi connectivity index (χ1n) is 6.09. The fourth-order valence-corrected chi connectivity index (χ4v) is 2.08. The summed E-state index contributed by atoms with van der Waals surface area (Å²) in [4.78, 5) is 12.1. The van der Waals surface area contributed by atoms with Crippen LogP contribution < -0.4 is 0 Å². The molecule has 0 radical (unpaired) electrons. The number of benzene rings is 2. The molecule has 0 unspecified atom stereocenters. The molecule has 2 aromatic rings. The van der Waals surface area contributed by atoms with E-state index in [1.54, 1.807) is 0 Å². The lowest BCUT2D eigenvalue weighted by Gasteiger charge is -2.20. The van der Waals surface area contributed by atoms with Crippen molar-refractivity contribution in [1.82, 2.24) is 0 Å². The molecule has 0 heterocycles. The number of alkyl halides is 5. The van der Waals surface area contributed by atoms with Crippen LogP contribution in [0.25, 0.3) is 0 Å². The number of rotatable bonds is 3. The normalized spacial score (nSPS) is 12.3. The monoisotopic (exact) mass is 352 g/mol. The summed E-state index contributed by atoms with van der Waals surface area (Å²) in [6.45, 7) is 0. The third-order valence-electron chi connectivity index (χ3n) is 3.04. The molecule has 0 aliphatic carbocycles. The number of carbonyl (C=O) groups is 1. The molecule has 0 fully saturated rings. The topological polar surface area (TPSA) is 17.1 Å². The molecule has 0 spiro atoms. The third-order valence-corrected chi connectivity index (χ3v) is 3.35. The van der Waals surface area contributed by atoms with Crippen LogP contribution in [0.1, 0.15) is 21.5 Å². The molecule has 0 atom stereocenters. The first-order chi connectivity index (χ1) is 10.5. The van der Waals surface area contributed by atoms with E-state index in [0.717, 1.165) is 30.3 Å². The van der Waals surface area contributed by atoms with Crippen LogP contribution in [0.3, 0.4) is 0 Å².